The van der Waals surface area contributed by atoms with E-state index in [1.807, 2.05) is 13.0 Å². The van der Waals surface area contributed by atoms with E-state index in [2.05, 4.69) is 9.97 Å². The van der Waals surface area contributed by atoms with E-state index in [1.165, 1.54) is 7.11 Å². The maximum atomic E-state index is 9.62. The SMILES string of the molecule is COc1ccc(-c2nc[nH]c2C)cc1O. The highest BCUT2D eigenvalue weighted by Crippen LogP contribution is 2.31. The Bertz CT molecular complexity index is 477. The van der Waals surface area contributed by atoms with Crippen LogP contribution >= 0.6 is 0 Å². The van der Waals surface area contributed by atoms with Crippen LogP contribution in [0.1, 0.15) is 5.69 Å². The molecule has 0 aliphatic heterocycles. The predicted octanol–water partition coefficient (Wildman–Crippen LogP) is 2.10. The number of ether oxygens (including phenoxy) is 1. The molecule has 0 amide bonds. The number of phenolic OH excluding ortho intramolecular Hbond substituents is 1. The number of aryl methyl sites for hydroxylation is 1. The number of aromatic amines is 1. The van der Waals surface area contributed by atoms with Crippen molar-refractivity contribution in [1.29, 1.82) is 0 Å². The van der Waals surface area contributed by atoms with Gasteiger partial charge in [0.05, 0.1) is 19.1 Å². The lowest BCUT2D eigenvalue weighted by molar-refractivity contribution is 0.373. The molecule has 4 heteroatoms. The van der Waals surface area contributed by atoms with E-state index >= 15 is 0 Å². The molecule has 0 fully saturated rings. The molecule has 1 aromatic carbocycles. The van der Waals surface area contributed by atoms with E-state index in [4.69, 9.17) is 4.74 Å². The van der Waals surface area contributed by atoms with Crippen LogP contribution in [-0.2, 0) is 0 Å². The molecule has 78 valence electrons. The van der Waals surface area contributed by atoms with E-state index in [0.29, 0.717) is 5.75 Å². The predicted molar refractivity (Wildman–Crippen MR) is 57.0 cm³/mol. The Balaban J connectivity index is 2.47. The van der Waals surface area contributed by atoms with Crippen molar-refractivity contribution in [3.63, 3.8) is 0 Å². The van der Waals surface area contributed by atoms with Gasteiger partial charge < -0.3 is 14.8 Å². The normalized spacial score (nSPS) is 10.3. The minimum absolute atomic E-state index is 0.123. The molecular formula is C11H12N2O2. The summed E-state index contributed by atoms with van der Waals surface area (Å²) in [5, 5.41) is 9.62. The van der Waals surface area contributed by atoms with Crippen LogP contribution in [0.15, 0.2) is 24.5 Å². The number of phenols is 1. The quantitative estimate of drug-likeness (QED) is 0.787. The molecule has 0 unspecified atom stereocenters. The zero-order chi connectivity index (χ0) is 10.8. The number of aromatic hydroxyl groups is 1. The lowest BCUT2D eigenvalue weighted by Crippen LogP contribution is -1.85. The molecule has 1 heterocycles. The molecule has 2 aromatic rings. The highest BCUT2D eigenvalue weighted by atomic mass is 16.5. The largest absolute Gasteiger partial charge is 0.504 e. The lowest BCUT2D eigenvalue weighted by atomic mass is 10.1. The third-order valence-electron chi connectivity index (χ3n) is 2.28. The Morgan fingerprint density at radius 3 is 2.73 bits per heavy atom. The molecule has 15 heavy (non-hydrogen) atoms. The first-order valence-corrected chi connectivity index (χ1v) is 4.59. The Morgan fingerprint density at radius 2 is 2.20 bits per heavy atom. The fourth-order valence-corrected chi connectivity index (χ4v) is 1.49. The average molecular weight is 204 g/mol. The van der Waals surface area contributed by atoms with Gasteiger partial charge in [0.2, 0.25) is 0 Å². The summed E-state index contributed by atoms with van der Waals surface area (Å²) in [7, 11) is 1.52. The molecule has 0 saturated heterocycles. The fraction of sp³-hybridized carbons (Fsp3) is 0.182. The third-order valence-corrected chi connectivity index (χ3v) is 2.28. The van der Waals surface area contributed by atoms with Crippen molar-refractivity contribution in [1.82, 2.24) is 9.97 Å². The molecule has 0 spiro atoms. The van der Waals surface area contributed by atoms with Crippen molar-refractivity contribution in [3.05, 3.63) is 30.2 Å². The summed E-state index contributed by atoms with van der Waals surface area (Å²) in [6, 6.07) is 5.22. The number of hydrogen-bond donors (Lipinski definition) is 2. The first-order valence-electron chi connectivity index (χ1n) is 4.59. The standard InChI is InChI=1S/C11H12N2O2/c1-7-11(13-6-12-7)8-3-4-10(15-2)9(14)5-8/h3-6,14H,1-2H3,(H,12,13). The number of nitrogens with one attached hydrogen (secondary N) is 1. The van der Waals surface area contributed by atoms with Crippen LogP contribution in [0.2, 0.25) is 0 Å². The van der Waals surface area contributed by atoms with Crippen LogP contribution in [0.25, 0.3) is 11.3 Å². The first-order chi connectivity index (χ1) is 7.22. The summed E-state index contributed by atoms with van der Waals surface area (Å²) in [4.78, 5) is 7.17. The second-order valence-corrected chi connectivity index (χ2v) is 3.26. The van der Waals surface area contributed by atoms with Gasteiger partial charge in [0.25, 0.3) is 0 Å². The van der Waals surface area contributed by atoms with E-state index in [9.17, 15) is 5.11 Å². The summed E-state index contributed by atoms with van der Waals surface area (Å²) in [6.45, 7) is 1.93. The van der Waals surface area contributed by atoms with Crippen molar-refractivity contribution >= 4 is 0 Å². The van der Waals surface area contributed by atoms with Gasteiger partial charge in [0.15, 0.2) is 11.5 Å². The van der Waals surface area contributed by atoms with Gasteiger partial charge in [0, 0.05) is 11.3 Å². The number of H-pyrrole nitrogens is 1. The Morgan fingerprint density at radius 1 is 1.40 bits per heavy atom. The van der Waals surface area contributed by atoms with Crippen molar-refractivity contribution in [2.24, 2.45) is 0 Å². The van der Waals surface area contributed by atoms with Crippen LogP contribution in [0.5, 0.6) is 11.5 Å². The van der Waals surface area contributed by atoms with E-state index in [-0.39, 0.29) is 5.75 Å². The minimum atomic E-state index is 0.123. The summed E-state index contributed by atoms with van der Waals surface area (Å²) in [6.07, 6.45) is 1.63. The molecule has 0 bridgehead atoms. The fourth-order valence-electron chi connectivity index (χ4n) is 1.49. The molecular weight excluding hydrogens is 192 g/mol. The van der Waals surface area contributed by atoms with E-state index in [0.717, 1.165) is 17.0 Å². The average Bonchev–Trinajstić information content (AvgIpc) is 2.64. The summed E-state index contributed by atoms with van der Waals surface area (Å²) in [5.74, 6) is 0.587. The summed E-state index contributed by atoms with van der Waals surface area (Å²) in [5.41, 5.74) is 2.68. The smallest absolute Gasteiger partial charge is 0.160 e. The zero-order valence-electron chi connectivity index (χ0n) is 8.61. The van der Waals surface area contributed by atoms with Crippen LogP contribution in [-0.4, -0.2) is 22.2 Å². The maximum absolute atomic E-state index is 9.62. The molecule has 0 saturated carbocycles. The van der Waals surface area contributed by atoms with Gasteiger partial charge in [-0.2, -0.15) is 0 Å². The lowest BCUT2D eigenvalue weighted by Gasteiger charge is -2.05. The Labute approximate surface area is 87.6 Å². The monoisotopic (exact) mass is 204 g/mol. The molecule has 1 aromatic heterocycles. The van der Waals surface area contributed by atoms with Crippen molar-refractivity contribution in [3.8, 4) is 22.8 Å². The van der Waals surface area contributed by atoms with E-state index in [1.54, 1.807) is 18.5 Å². The molecule has 4 nitrogen and oxygen atoms in total. The van der Waals surface area contributed by atoms with Crippen LogP contribution in [0, 0.1) is 6.92 Å². The molecule has 0 aliphatic carbocycles. The van der Waals surface area contributed by atoms with Crippen LogP contribution in [0.3, 0.4) is 0 Å². The summed E-state index contributed by atoms with van der Waals surface area (Å²) < 4.78 is 4.97. The minimum Gasteiger partial charge on any atom is -0.504 e. The van der Waals surface area contributed by atoms with Crippen LogP contribution in [0.4, 0.5) is 0 Å². The third kappa shape index (κ3) is 1.66. The Hall–Kier alpha value is -1.97. The number of imidazole rings is 1. The van der Waals surface area contributed by atoms with Gasteiger partial charge in [-0.1, -0.05) is 0 Å². The number of methoxy groups -OCH3 is 1. The van der Waals surface area contributed by atoms with Crippen molar-refractivity contribution < 1.29 is 9.84 Å². The number of hydrogen-bond acceptors (Lipinski definition) is 3. The van der Waals surface area contributed by atoms with Crippen LogP contribution < -0.4 is 4.74 Å². The van der Waals surface area contributed by atoms with Gasteiger partial charge in [-0.05, 0) is 25.1 Å². The van der Waals surface area contributed by atoms with E-state index < -0.39 is 0 Å². The number of aromatic nitrogens is 2. The molecule has 0 aliphatic rings. The topological polar surface area (TPSA) is 58.1 Å². The second kappa shape index (κ2) is 3.65. The van der Waals surface area contributed by atoms with Gasteiger partial charge >= 0.3 is 0 Å². The highest BCUT2D eigenvalue weighted by molar-refractivity contribution is 5.65. The van der Waals surface area contributed by atoms with Gasteiger partial charge in [-0.15, -0.1) is 0 Å². The van der Waals surface area contributed by atoms with Gasteiger partial charge in [-0.25, -0.2) is 4.98 Å². The molecule has 2 N–H and O–H groups in total. The van der Waals surface area contributed by atoms with Gasteiger partial charge in [-0.3, -0.25) is 0 Å². The second-order valence-electron chi connectivity index (χ2n) is 3.26. The number of rotatable bonds is 2. The Kier molecular flexibility index (Phi) is 2.33. The molecule has 0 atom stereocenters. The molecule has 0 radical (unpaired) electrons. The number of benzene rings is 1. The first kappa shape index (κ1) is 9.58. The highest BCUT2D eigenvalue weighted by Gasteiger charge is 2.07. The van der Waals surface area contributed by atoms with Crippen molar-refractivity contribution in [2.45, 2.75) is 6.92 Å². The zero-order valence-corrected chi connectivity index (χ0v) is 8.61. The number of nitrogens with zero attached hydrogens (tertiary/aromatic N) is 1. The van der Waals surface area contributed by atoms with Crippen molar-refractivity contribution in [2.75, 3.05) is 7.11 Å². The molecule has 2 rings (SSSR count). The summed E-state index contributed by atoms with van der Waals surface area (Å²) >= 11 is 0. The van der Waals surface area contributed by atoms with Gasteiger partial charge in [0.1, 0.15) is 0 Å². The maximum Gasteiger partial charge on any atom is 0.160 e.